The number of nitrogens with zero attached hydrogens (tertiary/aromatic N) is 1. The topological polar surface area (TPSA) is 28.7 Å². The molecule has 4 rings (SSSR count). The Kier molecular flexibility index (Phi) is 1.91. The zero-order valence-corrected chi connectivity index (χ0v) is 10.2. The fourth-order valence-electron chi connectivity index (χ4n) is 2.45. The third-order valence-electron chi connectivity index (χ3n) is 3.31. The van der Waals surface area contributed by atoms with Gasteiger partial charge in [-0.15, -0.1) is 0 Å². The molecule has 0 fully saturated rings. The van der Waals surface area contributed by atoms with Crippen LogP contribution in [0.3, 0.4) is 0 Å². The minimum atomic E-state index is 0.666. The molecule has 0 saturated heterocycles. The predicted molar refractivity (Wildman–Crippen MR) is 76.1 cm³/mol. The van der Waals surface area contributed by atoms with Gasteiger partial charge in [-0.1, -0.05) is 29.8 Å². The highest BCUT2D eigenvalue weighted by atomic mass is 35.5. The van der Waals surface area contributed by atoms with E-state index < -0.39 is 0 Å². The van der Waals surface area contributed by atoms with E-state index in [0.717, 1.165) is 27.2 Å². The second-order valence-electron chi connectivity index (χ2n) is 4.38. The Morgan fingerprint density at radius 2 is 1.78 bits per heavy atom. The van der Waals surface area contributed by atoms with Crippen molar-refractivity contribution in [3.63, 3.8) is 0 Å². The molecule has 0 unspecified atom stereocenters. The van der Waals surface area contributed by atoms with Crippen molar-refractivity contribution >= 4 is 44.2 Å². The van der Waals surface area contributed by atoms with Crippen LogP contribution in [0.4, 0.5) is 0 Å². The quantitative estimate of drug-likeness (QED) is 0.458. The van der Waals surface area contributed by atoms with Crippen LogP contribution in [0.15, 0.2) is 48.7 Å². The van der Waals surface area contributed by atoms with E-state index in [2.05, 4.69) is 28.2 Å². The third-order valence-corrected chi connectivity index (χ3v) is 3.63. The van der Waals surface area contributed by atoms with E-state index in [0.29, 0.717) is 5.15 Å². The van der Waals surface area contributed by atoms with E-state index in [-0.39, 0.29) is 0 Å². The second kappa shape index (κ2) is 3.47. The van der Waals surface area contributed by atoms with Gasteiger partial charge >= 0.3 is 0 Å². The van der Waals surface area contributed by atoms with Crippen LogP contribution in [0.2, 0.25) is 5.15 Å². The number of hydrogen-bond acceptors (Lipinski definition) is 1. The van der Waals surface area contributed by atoms with Crippen LogP contribution in [0.5, 0.6) is 0 Å². The Labute approximate surface area is 108 Å². The molecule has 0 radical (unpaired) electrons. The van der Waals surface area contributed by atoms with Crippen molar-refractivity contribution in [2.45, 2.75) is 0 Å². The molecular formula is C15H9ClN2. The number of para-hydroxylation sites is 1. The molecule has 2 nitrogen and oxygen atoms in total. The number of benzene rings is 2. The average Bonchev–Trinajstić information content (AvgIpc) is 2.75. The first-order valence-corrected chi connectivity index (χ1v) is 6.16. The van der Waals surface area contributed by atoms with E-state index in [1.165, 1.54) is 5.39 Å². The molecule has 0 aliphatic rings. The number of halogens is 1. The smallest absolute Gasteiger partial charge is 0.114 e. The van der Waals surface area contributed by atoms with Gasteiger partial charge in [0, 0.05) is 22.4 Å². The van der Waals surface area contributed by atoms with Crippen molar-refractivity contribution in [2.24, 2.45) is 0 Å². The molecule has 86 valence electrons. The van der Waals surface area contributed by atoms with Gasteiger partial charge in [-0.05, 0) is 29.7 Å². The molecule has 4 aromatic rings. The predicted octanol–water partition coefficient (Wildman–Crippen LogP) is 4.52. The lowest BCUT2D eigenvalue weighted by atomic mass is 10.1. The molecule has 0 saturated carbocycles. The number of fused-ring (bicyclic) bond motifs is 4. The number of nitrogens with one attached hydrogen (secondary N) is 1. The first-order chi connectivity index (χ1) is 8.83. The fourth-order valence-corrected chi connectivity index (χ4v) is 2.68. The largest absolute Gasteiger partial charge is 0.352 e. The van der Waals surface area contributed by atoms with Crippen LogP contribution in [-0.4, -0.2) is 9.97 Å². The van der Waals surface area contributed by atoms with Crippen LogP contribution in [-0.2, 0) is 0 Å². The summed E-state index contributed by atoms with van der Waals surface area (Å²) in [6.07, 6.45) is 1.85. The number of aromatic nitrogens is 2. The van der Waals surface area contributed by atoms with Crippen molar-refractivity contribution in [1.29, 1.82) is 0 Å². The Balaban J connectivity index is 2.28. The van der Waals surface area contributed by atoms with Crippen LogP contribution in [0.25, 0.3) is 32.6 Å². The number of aromatic amines is 1. The summed E-state index contributed by atoms with van der Waals surface area (Å²) in [6, 6.07) is 14.4. The molecule has 18 heavy (non-hydrogen) atoms. The average molecular weight is 253 g/mol. The van der Waals surface area contributed by atoms with Gasteiger partial charge in [0.2, 0.25) is 0 Å². The fraction of sp³-hybridized carbons (Fsp3) is 0. The molecule has 2 aromatic carbocycles. The Morgan fingerprint density at radius 1 is 0.889 bits per heavy atom. The van der Waals surface area contributed by atoms with Crippen LogP contribution < -0.4 is 0 Å². The highest BCUT2D eigenvalue weighted by Crippen LogP contribution is 2.31. The zero-order valence-electron chi connectivity index (χ0n) is 9.44. The standard InChI is InChI=1S/C15H9ClN2/c16-15-11-8-12-10-3-1-2-4-13(10)18-14(12)7-9(11)5-6-17-15/h1-8,17H. The Morgan fingerprint density at radius 3 is 2.72 bits per heavy atom. The molecule has 2 aromatic heterocycles. The van der Waals surface area contributed by atoms with E-state index in [1.54, 1.807) is 0 Å². The summed E-state index contributed by atoms with van der Waals surface area (Å²) in [6.45, 7) is 0. The summed E-state index contributed by atoms with van der Waals surface area (Å²) in [4.78, 5) is 7.67. The number of rotatable bonds is 0. The highest BCUT2D eigenvalue weighted by molar-refractivity contribution is 6.34. The molecule has 0 aliphatic heterocycles. The lowest BCUT2D eigenvalue weighted by molar-refractivity contribution is 1.36. The molecule has 0 atom stereocenters. The van der Waals surface area contributed by atoms with Gasteiger partial charge < -0.3 is 4.98 Å². The highest BCUT2D eigenvalue weighted by Gasteiger charge is 2.07. The van der Waals surface area contributed by atoms with Crippen molar-refractivity contribution in [3.8, 4) is 0 Å². The molecular weight excluding hydrogens is 244 g/mol. The molecule has 0 amide bonds. The SMILES string of the molecule is Clc1[nH]ccc2cc3nc4ccccc4c3cc12. The molecule has 0 bridgehead atoms. The molecule has 3 heteroatoms. The normalized spacial score (nSPS) is 11.6. The third kappa shape index (κ3) is 1.27. The summed E-state index contributed by atoms with van der Waals surface area (Å²) in [5.41, 5.74) is 2.05. The van der Waals surface area contributed by atoms with Gasteiger partial charge in [-0.2, -0.15) is 0 Å². The second-order valence-corrected chi connectivity index (χ2v) is 4.76. The van der Waals surface area contributed by atoms with Gasteiger partial charge in [-0.25, -0.2) is 4.98 Å². The summed E-state index contributed by atoms with van der Waals surface area (Å²) in [5, 5.41) is 5.13. The summed E-state index contributed by atoms with van der Waals surface area (Å²) < 4.78 is 0. The maximum atomic E-state index is 6.20. The molecule has 0 aliphatic carbocycles. The van der Waals surface area contributed by atoms with Gasteiger partial charge in [0.1, 0.15) is 5.15 Å². The van der Waals surface area contributed by atoms with Gasteiger partial charge in [0.25, 0.3) is 0 Å². The first-order valence-electron chi connectivity index (χ1n) is 5.78. The zero-order chi connectivity index (χ0) is 12.1. The molecule has 2 heterocycles. The van der Waals surface area contributed by atoms with E-state index in [1.807, 2.05) is 30.5 Å². The van der Waals surface area contributed by atoms with Gasteiger partial charge in [0.05, 0.1) is 11.0 Å². The lowest BCUT2D eigenvalue weighted by Crippen LogP contribution is -1.79. The molecule has 0 spiro atoms. The van der Waals surface area contributed by atoms with E-state index in [9.17, 15) is 0 Å². The monoisotopic (exact) mass is 252 g/mol. The van der Waals surface area contributed by atoms with Crippen molar-refractivity contribution in [2.75, 3.05) is 0 Å². The Hall–Kier alpha value is -2.06. The molecule has 1 N–H and O–H groups in total. The number of H-pyrrole nitrogens is 1. The minimum absolute atomic E-state index is 0.666. The van der Waals surface area contributed by atoms with Gasteiger partial charge in [-0.3, -0.25) is 0 Å². The van der Waals surface area contributed by atoms with Crippen LogP contribution in [0, 0.1) is 0 Å². The summed E-state index contributed by atoms with van der Waals surface area (Å²) >= 11 is 6.20. The first kappa shape index (κ1) is 9.92. The van der Waals surface area contributed by atoms with Crippen molar-refractivity contribution < 1.29 is 0 Å². The summed E-state index contributed by atoms with van der Waals surface area (Å²) in [7, 11) is 0. The maximum Gasteiger partial charge on any atom is 0.114 e. The minimum Gasteiger partial charge on any atom is -0.352 e. The van der Waals surface area contributed by atoms with E-state index >= 15 is 0 Å². The van der Waals surface area contributed by atoms with Gasteiger partial charge in [0.15, 0.2) is 0 Å². The summed E-state index contributed by atoms with van der Waals surface area (Å²) in [5.74, 6) is 0. The van der Waals surface area contributed by atoms with Crippen molar-refractivity contribution in [1.82, 2.24) is 9.97 Å². The number of pyridine rings is 1. The van der Waals surface area contributed by atoms with Crippen LogP contribution >= 0.6 is 11.6 Å². The maximum absolute atomic E-state index is 6.20. The number of hydrogen-bond donors (Lipinski definition) is 1. The van der Waals surface area contributed by atoms with E-state index in [4.69, 9.17) is 11.6 Å². The van der Waals surface area contributed by atoms with Crippen LogP contribution in [0.1, 0.15) is 0 Å². The lowest BCUT2D eigenvalue weighted by Gasteiger charge is -2.00. The Bertz CT molecular complexity index is 893. The van der Waals surface area contributed by atoms with Crippen molar-refractivity contribution in [3.05, 3.63) is 53.8 Å².